The fourth-order valence-electron chi connectivity index (χ4n) is 2.06. The van der Waals surface area contributed by atoms with Crippen LogP contribution in [0.2, 0.25) is 0 Å². The topological polar surface area (TPSA) is 83.9 Å². The Balaban J connectivity index is 2.41. The first-order valence-electron chi connectivity index (χ1n) is 6.15. The number of alkyl halides is 3. The summed E-state index contributed by atoms with van der Waals surface area (Å²) in [6.45, 7) is -0.952. The SMILES string of the molecule is O=C(O)[C@H]1CN(S(=O)(=O)c2ccccc2C(F)(F)F)CCO1. The van der Waals surface area contributed by atoms with Crippen molar-refractivity contribution >= 4 is 16.0 Å². The predicted octanol–water partition coefficient (Wildman–Crippen LogP) is 1.18. The fraction of sp³-hybridized carbons (Fsp3) is 0.417. The zero-order chi connectivity index (χ0) is 16.5. The van der Waals surface area contributed by atoms with Crippen LogP contribution in [0.5, 0.6) is 0 Å². The lowest BCUT2D eigenvalue weighted by molar-refractivity contribution is -0.153. The molecule has 10 heteroatoms. The van der Waals surface area contributed by atoms with Gasteiger partial charge in [0, 0.05) is 6.54 Å². The first-order valence-corrected chi connectivity index (χ1v) is 7.59. The molecule has 1 atom stereocenters. The minimum atomic E-state index is -4.83. The van der Waals surface area contributed by atoms with Crippen molar-refractivity contribution in [3.05, 3.63) is 29.8 Å². The standard InChI is InChI=1S/C12H12F3NO5S/c13-12(14,15)8-3-1-2-4-10(8)22(19,20)16-5-6-21-9(7-16)11(17)18/h1-4,9H,5-7H2,(H,17,18)/t9-/m1/s1. The zero-order valence-corrected chi connectivity index (χ0v) is 11.9. The van der Waals surface area contributed by atoms with E-state index in [1.807, 2.05) is 0 Å². The molecule has 1 N–H and O–H groups in total. The van der Waals surface area contributed by atoms with Gasteiger partial charge in [0.05, 0.1) is 23.6 Å². The molecule has 1 fully saturated rings. The minimum Gasteiger partial charge on any atom is -0.479 e. The second-order valence-corrected chi connectivity index (χ2v) is 6.46. The molecule has 1 aliphatic heterocycles. The molecule has 0 aromatic heterocycles. The van der Waals surface area contributed by atoms with E-state index in [0.29, 0.717) is 10.4 Å². The molecule has 2 rings (SSSR count). The van der Waals surface area contributed by atoms with Crippen LogP contribution in [0.3, 0.4) is 0 Å². The Kier molecular flexibility index (Phi) is 4.45. The van der Waals surface area contributed by atoms with Crippen molar-refractivity contribution < 1.29 is 36.2 Å². The van der Waals surface area contributed by atoms with Crippen molar-refractivity contribution in [1.82, 2.24) is 4.31 Å². The van der Waals surface area contributed by atoms with Crippen LogP contribution in [-0.2, 0) is 25.7 Å². The molecule has 0 saturated carbocycles. The van der Waals surface area contributed by atoms with Gasteiger partial charge in [0.1, 0.15) is 0 Å². The van der Waals surface area contributed by atoms with E-state index in [9.17, 15) is 26.4 Å². The lowest BCUT2D eigenvalue weighted by Crippen LogP contribution is -2.48. The van der Waals surface area contributed by atoms with Crippen molar-refractivity contribution in [2.45, 2.75) is 17.2 Å². The monoisotopic (exact) mass is 339 g/mol. The summed E-state index contributed by atoms with van der Waals surface area (Å²) in [6.07, 6.45) is -6.23. The van der Waals surface area contributed by atoms with Crippen molar-refractivity contribution in [2.24, 2.45) is 0 Å². The molecule has 1 aromatic rings. The molecule has 0 spiro atoms. The average molecular weight is 339 g/mol. The van der Waals surface area contributed by atoms with Crippen LogP contribution < -0.4 is 0 Å². The number of carboxylic acids is 1. The Morgan fingerprint density at radius 3 is 2.55 bits per heavy atom. The highest BCUT2D eigenvalue weighted by molar-refractivity contribution is 7.89. The summed E-state index contributed by atoms with van der Waals surface area (Å²) in [4.78, 5) is 9.97. The number of benzene rings is 1. The summed E-state index contributed by atoms with van der Waals surface area (Å²) in [5.74, 6) is -1.37. The first-order chi connectivity index (χ1) is 10.1. The smallest absolute Gasteiger partial charge is 0.417 e. The van der Waals surface area contributed by atoms with Crippen LogP contribution in [-0.4, -0.2) is 49.6 Å². The van der Waals surface area contributed by atoms with Gasteiger partial charge in [-0.15, -0.1) is 0 Å². The van der Waals surface area contributed by atoms with Crippen LogP contribution in [0.15, 0.2) is 29.2 Å². The van der Waals surface area contributed by atoms with Crippen molar-refractivity contribution in [2.75, 3.05) is 19.7 Å². The zero-order valence-electron chi connectivity index (χ0n) is 11.1. The number of aliphatic carboxylic acids is 1. The van der Waals surface area contributed by atoms with E-state index < -0.39 is 45.3 Å². The highest BCUT2D eigenvalue weighted by Crippen LogP contribution is 2.35. The van der Waals surface area contributed by atoms with Gasteiger partial charge in [0.2, 0.25) is 10.0 Å². The number of ether oxygens (including phenoxy) is 1. The van der Waals surface area contributed by atoms with Crippen molar-refractivity contribution in [3.8, 4) is 0 Å². The van der Waals surface area contributed by atoms with Gasteiger partial charge in [0.15, 0.2) is 6.10 Å². The maximum atomic E-state index is 12.9. The third kappa shape index (κ3) is 3.23. The van der Waals surface area contributed by atoms with E-state index in [1.54, 1.807) is 0 Å². The van der Waals surface area contributed by atoms with Gasteiger partial charge in [0.25, 0.3) is 0 Å². The summed E-state index contributed by atoms with van der Waals surface area (Å²) in [5.41, 5.74) is -1.28. The van der Waals surface area contributed by atoms with Gasteiger partial charge in [-0.05, 0) is 12.1 Å². The Labute approximate surface area is 124 Å². The number of morpholine rings is 1. The molecule has 1 aliphatic rings. The number of halogens is 3. The van der Waals surface area contributed by atoms with E-state index in [0.717, 1.165) is 12.1 Å². The molecule has 1 saturated heterocycles. The minimum absolute atomic E-state index is 0.204. The van der Waals surface area contributed by atoms with Crippen LogP contribution in [0.25, 0.3) is 0 Å². The highest BCUT2D eigenvalue weighted by atomic mass is 32.2. The Morgan fingerprint density at radius 1 is 1.32 bits per heavy atom. The van der Waals surface area contributed by atoms with Gasteiger partial charge in [-0.25, -0.2) is 13.2 Å². The summed E-state index contributed by atoms with van der Waals surface area (Å²) < 4.78 is 69.2. The molecular weight excluding hydrogens is 327 g/mol. The number of rotatable bonds is 3. The third-order valence-corrected chi connectivity index (χ3v) is 5.04. The maximum Gasteiger partial charge on any atom is 0.417 e. The molecule has 0 aliphatic carbocycles. The van der Waals surface area contributed by atoms with Crippen LogP contribution in [0.4, 0.5) is 13.2 Å². The lowest BCUT2D eigenvalue weighted by Gasteiger charge is -2.30. The van der Waals surface area contributed by atoms with Crippen molar-refractivity contribution in [3.63, 3.8) is 0 Å². The number of carboxylic acid groups (broad SMARTS) is 1. The summed E-state index contributed by atoms with van der Waals surface area (Å²) >= 11 is 0. The Bertz CT molecular complexity index is 674. The first kappa shape index (κ1) is 16.7. The van der Waals surface area contributed by atoms with Gasteiger partial charge in [-0.2, -0.15) is 17.5 Å². The van der Waals surface area contributed by atoms with E-state index in [2.05, 4.69) is 0 Å². The van der Waals surface area contributed by atoms with Gasteiger partial charge in [-0.3, -0.25) is 0 Å². The lowest BCUT2D eigenvalue weighted by atomic mass is 10.2. The summed E-state index contributed by atoms with van der Waals surface area (Å²) in [5, 5.41) is 8.85. The average Bonchev–Trinajstić information content (AvgIpc) is 2.46. The van der Waals surface area contributed by atoms with Gasteiger partial charge >= 0.3 is 12.1 Å². The molecule has 0 amide bonds. The second-order valence-electron chi connectivity index (χ2n) is 4.55. The molecule has 1 heterocycles. The molecule has 0 radical (unpaired) electrons. The predicted molar refractivity (Wildman–Crippen MR) is 67.6 cm³/mol. The molecular formula is C12H12F3NO5S. The number of carbonyl (C=O) groups is 1. The molecule has 0 unspecified atom stereocenters. The molecule has 122 valence electrons. The van der Waals surface area contributed by atoms with Crippen LogP contribution >= 0.6 is 0 Å². The molecule has 1 aromatic carbocycles. The van der Waals surface area contributed by atoms with E-state index in [4.69, 9.17) is 9.84 Å². The number of sulfonamides is 1. The number of hydrogen-bond donors (Lipinski definition) is 1. The van der Waals surface area contributed by atoms with Crippen LogP contribution in [0, 0.1) is 0 Å². The van der Waals surface area contributed by atoms with Gasteiger partial charge < -0.3 is 9.84 Å². The molecule has 6 nitrogen and oxygen atoms in total. The van der Waals surface area contributed by atoms with E-state index in [1.165, 1.54) is 6.07 Å². The molecule has 22 heavy (non-hydrogen) atoms. The summed E-state index contributed by atoms with van der Waals surface area (Å²) in [7, 11) is -4.47. The van der Waals surface area contributed by atoms with Crippen LogP contribution in [0.1, 0.15) is 5.56 Å². The number of hydrogen-bond acceptors (Lipinski definition) is 4. The normalized spacial score (nSPS) is 20.8. The summed E-state index contributed by atoms with van der Waals surface area (Å²) in [6, 6.07) is 3.78. The Morgan fingerprint density at radius 2 is 1.95 bits per heavy atom. The van der Waals surface area contributed by atoms with Crippen molar-refractivity contribution in [1.29, 1.82) is 0 Å². The number of nitrogens with zero attached hydrogens (tertiary/aromatic N) is 1. The van der Waals surface area contributed by atoms with E-state index in [-0.39, 0.29) is 13.2 Å². The molecule has 0 bridgehead atoms. The third-order valence-electron chi connectivity index (χ3n) is 3.11. The highest BCUT2D eigenvalue weighted by Gasteiger charge is 2.40. The Hall–Kier alpha value is -1.65. The van der Waals surface area contributed by atoms with E-state index >= 15 is 0 Å². The maximum absolute atomic E-state index is 12.9. The fourth-order valence-corrected chi connectivity index (χ4v) is 3.70. The quantitative estimate of drug-likeness (QED) is 0.894. The largest absolute Gasteiger partial charge is 0.479 e. The second kappa shape index (κ2) is 5.86. The van der Waals surface area contributed by atoms with Gasteiger partial charge in [-0.1, -0.05) is 12.1 Å².